The van der Waals surface area contributed by atoms with Crippen LogP contribution in [0.5, 0.6) is 0 Å². The minimum Gasteiger partial charge on any atom is -0.498 e. The summed E-state index contributed by atoms with van der Waals surface area (Å²) in [5.41, 5.74) is -0.111. The number of quaternary nitrogens is 1. The Kier molecular flexibility index (Phi) is 4.48. The van der Waals surface area contributed by atoms with E-state index in [1.807, 2.05) is 27.7 Å². The molecule has 0 saturated carbocycles. The third kappa shape index (κ3) is 3.08. The van der Waals surface area contributed by atoms with E-state index in [1.165, 1.54) is 24.3 Å². The third-order valence-electron chi connectivity index (χ3n) is 4.82. The van der Waals surface area contributed by atoms with Crippen LogP contribution in [0.2, 0.25) is 0 Å². The molecule has 2 rings (SSSR count). The van der Waals surface area contributed by atoms with Crippen LogP contribution in [0.15, 0.2) is 24.3 Å². The first kappa shape index (κ1) is 17.4. The smallest absolute Gasteiger partial charge is 0.257 e. The fourth-order valence-corrected chi connectivity index (χ4v) is 3.25. The molecule has 1 fully saturated rings. The van der Waals surface area contributed by atoms with E-state index in [9.17, 15) is 19.1 Å². The zero-order chi connectivity index (χ0) is 17.4. The maximum Gasteiger partial charge on any atom is 0.257 e. The van der Waals surface area contributed by atoms with Gasteiger partial charge in [-0.2, -0.15) is 0 Å². The Labute approximate surface area is 135 Å². The summed E-state index contributed by atoms with van der Waals surface area (Å²) in [4.78, 5) is 26.0. The van der Waals surface area contributed by atoms with Gasteiger partial charge in [-0.1, -0.05) is 0 Å². The number of benzene rings is 1. The SMILES string of the molecule is C[C@H]1C[N+](C(=O)[O-])(C(C)(C)C)CCN1C(=O)c1ccc(F)cc1. The number of nitrogens with zero attached hydrogens (tertiary/aromatic N) is 2. The highest BCUT2D eigenvalue weighted by atomic mass is 19.1. The molecule has 0 spiro atoms. The highest BCUT2D eigenvalue weighted by Gasteiger charge is 2.48. The Morgan fingerprint density at radius 1 is 1.26 bits per heavy atom. The average Bonchev–Trinajstić information content (AvgIpc) is 2.45. The second-order valence-corrected chi connectivity index (χ2v) is 7.17. The number of hydrogen-bond acceptors (Lipinski definition) is 3. The van der Waals surface area contributed by atoms with Gasteiger partial charge in [0.2, 0.25) is 0 Å². The van der Waals surface area contributed by atoms with Crippen LogP contribution in [0.4, 0.5) is 9.18 Å². The van der Waals surface area contributed by atoms with Crippen molar-refractivity contribution in [2.45, 2.75) is 39.3 Å². The molecule has 0 aliphatic carbocycles. The van der Waals surface area contributed by atoms with E-state index in [0.717, 1.165) is 0 Å². The lowest BCUT2D eigenvalue weighted by atomic mass is 9.97. The highest BCUT2D eigenvalue weighted by Crippen LogP contribution is 2.30. The molecular weight excluding hydrogens is 299 g/mol. The van der Waals surface area contributed by atoms with Gasteiger partial charge in [-0.3, -0.25) is 9.28 Å². The topological polar surface area (TPSA) is 60.4 Å². The lowest BCUT2D eigenvalue weighted by Crippen LogP contribution is -2.75. The van der Waals surface area contributed by atoms with Crippen molar-refractivity contribution in [1.82, 2.24) is 4.90 Å². The van der Waals surface area contributed by atoms with E-state index in [-0.39, 0.29) is 16.4 Å². The summed E-state index contributed by atoms with van der Waals surface area (Å²) >= 11 is 0. The number of amides is 2. The van der Waals surface area contributed by atoms with Crippen molar-refractivity contribution in [2.24, 2.45) is 0 Å². The van der Waals surface area contributed by atoms with Crippen molar-refractivity contribution >= 4 is 12.0 Å². The van der Waals surface area contributed by atoms with Gasteiger partial charge in [-0.05, 0) is 52.0 Å². The Bertz CT molecular complexity index is 609. The van der Waals surface area contributed by atoms with E-state index in [2.05, 4.69) is 0 Å². The number of carbonyl (C=O) groups excluding carboxylic acids is 2. The molecule has 0 bridgehead atoms. The largest absolute Gasteiger partial charge is 0.498 e. The van der Waals surface area contributed by atoms with Gasteiger partial charge in [0.25, 0.3) is 12.0 Å². The quantitative estimate of drug-likeness (QED) is 0.738. The molecule has 0 aromatic heterocycles. The summed E-state index contributed by atoms with van der Waals surface area (Å²) < 4.78 is 12.8. The van der Waals surface area contributed by atoms with Crippen molar-refractivity contribution in [1.29, 1.82) is 0 Å². The number of rotatable bonds is 1. The Morgan fingerprint density at radius 3 is 2.26 bits per heavy atom. The summed E-state index contributed by atoms with van der Waals surface area (Å²) in [6, 6.07) is 5.14. The molecule has 126 valence electrons. The number of carboxylic acid groups (broad SMARTS) is 1. The van der Waals surface area contributed by atoms with Crippen LogP contribution in [0.3, 0.4) is 0 Å². The van der Waals surface area contributed by atoms with Gasteiger partial charge in [-0.15, -0.1) is 0 Å². The van der Waals surface area contributed by atoms with Crippen molar-refractivity contribution in [3.05, 3.63) is 35.6 Å². The number of piperazine rings is 1. The van der Waals surface area contributed by atoms with Crippen molar-refractivity contribution in [2.75, 3.05) is 19.6 Å². The summed E-state index contributed by atoms with van der Waals surface area (Å²) in [6.45, 7) is 8.35. The van der Waals surface area contributed by atoms with Gasteiger partial charge < -0.3 is 14.8 Å². The minimum atomic E-state index is -1.11. The van der Waals surface area contributed by atoms with Crippen LogP contribution in [-0.4, -0.2) is 52.6 Å². The normalized spacial score (nSPS) is 25.3. The number of hydrogen-bond donors (Lipinski definition) is 0. The van der Waals surface area contributed by atoms with Crippen LogP contribution in [0.25, 0.3) is 0 Å². The zero-order valence-corrected chi connectivity index (χ0v) is 14.0. The van der Waals surface area contributed by atoms with E-state index >= 15 is 0 Å². The minimum absolute atomic E-state index is 0.179. The zero-order valence-electron chi connectivity index (χ0n) is 14.0. The predicted octanol–water partition coefficient (Wildman–Crippen LogP) is 1.63. The van der Waals surface area contributed by atoms with Gasteiger partial charge in [0.1, 0.15) is 18.9 Å². The molecule has 1 saturated heterocycles. The lowest BCUT2D eigenvalue weighted by molar-refractivity contribution is -0.925. The van der Waals surface area contributed by atoms with E-state index in [0.29, 0.717) is 25.2 Å². The maximum atomic E-state index is 13.0. The average molecular weight is 322 g/mol. The second-order valence-electron chi connectivity index (χ2n) is 7.17. The van der Waals surface area contributed by atoms with Gasteiger partial charge in [-0.25, -0.2) is 4.39 Å². The Morgan fingerprint density at radius 2 is 1.83 bits per heavy atom. The molecule has 1 aliphatic rings. The summed E-state index contributed by atoms with van der Waals surface area (Å²) in [5.74, 6) is -0.601. The molecule has 1 unspecified atom stereocenters. The van der Waals surface area contributed by atoms with Gasteiger partial charge in [0, 0.05) is 5.56 Å². The summed E-state index contributed by atoms with van der Waals surface area (Å²) in [6.07, 6.45) is -1.11. The van der Waals surface area contributed by atoms with Crippen LogP contribution < -0.4 is 5.11 Å². The van der Waals surface area contributed by atoms with Crippen LogP contribution in [-0.2, 0) is 0 Å². The fraction of sp³-hybridized carbons (Fsp3) is 0.529. The Balaban J connectivity index is 2.23. The molecular formula is C17H23FN2O3. The van der Waals surface area contributed by atoms with Crippen LogP contribution in [0, 0.1) is 5.82 Å². The molecule has 0 radical (unpaired) electrons. The van der Waals surface area contributed by atoms with Crippen LogP contribution >= 0.6 is 0 Å². The summed E-state index contributed by atoms with van der Waals surface area (Å²) in [5, 5.41) is 11.8. The highest BCUT2D eigenvalue weighted by molar-refractivity contribution is 5.94. The van der Waals surface area contributed by atoms with Gasteiger partial charge >= 0.3 is 0 Å². The Hall–Kier alpha value is -1.95. The first-order valence-electron chi connectivity index (χ1n) is 7.74. The first-order chi connectivity index (χ1) is 10.6. The molecule has 1 aliphatic heterocycles. The van der Waals surface area contributed by atoms with E-state index < -0.39 is 17.4 Å². The van der Waals surface area contributed by atoms with E-state index in [1.54, 1.807) is 4.90 Å². The molecule has 23 heavy (non-hydrogen) atoms. The molecule has 2 amide bonds. The monoisotopic (exact) mass is 322 g/mol. The number of carbonyl (C=O) groups is 2. The number of halogens is 1. The standard InChI is InChI=1S/C17H23FN2O3/c1-12-11-20(16(22)23,17(2,3)4)10-9-19(12)15(21)13-5-7-14(18)8-6-13/h5-8,12H,9-11H2,1-4H3/t12-,20?/m0/s1. The molecule has 1 aromatic carbocycles. The van der Waals surface area contributed by atoms with Gasteiger partial charge in [0.05, 0.1) is 18.1 Å². The summed E-state index contributed by atoms with van der Waals surface area (Å²) in [7, 11) is 0. The molecule has 2 atom stereocenters. The van der Waals surface area contributed by atoms with Crippen molar-refractivity contribution in [3.63, 3.8) is 0 Å². The van der Waals surface area contributed by atoms with Crippen molar-refractivity contribution in [3.8, 4) is 0 Å². The van der Waals surface area contributed by atoms with E-state index in [4.69, 9.17) is 0 Å². The predicted molar refractivity (Wildman–Crippen MR) is 82.0 cm³/mol. The molecule has 5 nitrogen and oxygen atoms in total. The molecule has 0 N–H and O–H groups in total. The first-order valence-corrected chi connectivity index (χ1v) is 7.74. The van der Waals surface area contributed by atoms with Crippen LogP contribution in [0.1, 0.15) is 38.1 Å². The molecule has 1 heterocycles. The van der Waals surface area contributed by atoms with Crippen molar-refractivity contribution < 1.29 is 23.6 Å². The third-order valence-corrected chi connectivity index (χ3v) is 4.82. The van der Waals surface area contributed by atoms with Gasteiger partial charge in [0.15, 0.2) is 0 Å². The lowest BCUT2D eigenvalue weighted by Gasteiger charge is -2.54. The molecule has 6 heteroatoms. The molecule has 1 aromatic rings. The second kappa shape index (κ2) is 5.92. The maximum absolute atomic E-state index is 13.0. The fourth-order valence-electron chi connectivity index (χ4n) is 3.25.